The van der Waals surface area contributed by atoms with Crippen molar-refractivity contribution in [1.82, 2.24) is 29.2 Å². The molecule has 24 nitrogen and oxygen atoms in total. The van der Waals surface area contributed by atoms with Crippen molar-refractivity contribution in [3.05, 3.63) is 85.2 Å². The topological polar surface area (TPSA) is 317 Å². The number of ether oxygens (including phenoxy) is 6. The zero-order chi connectivity index (χ0) is 94.4. The lowest BCUT2D eigenvalue weighted by Crippen LogP contribution is -2.48. The van der Waals surface area contributed by atoms with E-state index in [1.165, 1.54) is 12.4 Å². The molecule has 6 fully saturated rings. The molecule has 0 radical (unpaired) electrons. The molecular weight excluding hydrogens is 1560 g/mol. The molecule has 0 bridgehead atoms. The summed E-state index contributed by atoms with van der Waals surface area (Å²) in [6, 6.07) is 11.3. The average Bonchev–Trinajstić information content (AvgIpc) is 1.22. The molecule has 4 aliphatic carbocycles. The number of amides is 4. The van der Waals surface area contributed by atoms with E-state index in [9.17, 15) is 81.5 Å². The maximum atomic E-state index is 15.0. The van der Waals surface area contributed by atoms with Crippen molar-refractivity contribution in [1.29, 1.82) is 0 Å². The summed E-state index contributed by atoms with van der Waals surface area (Å²) in [6.07, 6.45) is -1.87. The maximum Gasteiger partial charge on any atom is 0.427 e. The summed E-state index contributed by atoms with van der Waals surface area (Å²) in [5.74, 6) is -13.3. The molecule has 4 aliphatic heterocycles. The van der Waals surface area contributed by atoms with Crippen LogP contribution in [0.4, 0.5) is 26.3 Å². The molecule has 4 saturated carbocycles. The third-order valence-corrected chi connectivity index (χ3v) is 27.0. The Morgan fingerprint density at radius 1 is 0.552 bits per heavy atom. The molecule has 4 aromatic rings. The molecule has 116 heavy (non-hydrogen) atoms. The number of benzene rings is 2. The Balaban J connectivity index is 0.000000248. The van der Waals surface area contributed by atoms with Gasteiger partial charge in [-0.15, -0.1) is 0 Å². The highest BCUT2D eigenvalue weighted by molar-refractivity contribution is 7.91. The summed E-state index contributed by atoms with van der Waals surface area (Å²) in [5, 5.41) is 1.06. The van der Waals surface area contributed by atoms with Crippen LogP contribution in [0, 0.1) is 58.2 Å². The number of Topliss-reactive ketones (excluding diaryl/α,β-unsaturated/α-hetero) is 2. The Kier molecular flexibility index (Phi) is 22.1. The highest BCUT2D eigenvalue weighted by Crippen LogP contribution is 2.59. The molecule has 2 aromatic heterocycles. The van der Waals surface area contributed by atoms with Crippen molar-refractivity contribution < 1.29 is 126 Å². The van der Waals surface area contributed by atoms with Gasteiger partial charge >= 0.3 is 24.3 Å². The summed E-state index contributed by atoms with van der Waals surface area (Å²) < 4.78 is 268. The van der Waals surface area contributed by atoms with E-state index < -0.39 is 225 Å². The van der Waals surface area contributed by atoms with Crippen molar-refractivity contribution in [2.45, 2.75) is 256 Å². The second-order valence-corrected chi connectivity index (χ2v) is 36.7. The van der Waals surface area contributed by atoms with Crippen LogP contribution in [0.2, 0.25) is 0 Å². The molecule has 14 atom stereocenters. The number of fused-ring (bicyclic) bond motifs is 6. The standard InChI is InChI=1S/2C42H54F3N3O9S/c2*1-6-17-55-29-11-14-32-27(19-29)15-16-46-37(32)56-30-20-34-35(49)23-41(39(52)47-58(53,54)31-12-13-31)22-28(41)10-8-7-9-25(2)18-26(3)33(38(51)48(34)24-30)21-36(50)57-40(4,5)42(43,44)45/h2*8,10-11,14-16,19,25-26,28,30-31,33-34H,6-7,9,12-13,17-18,20-24H2,1-5H3,(H,47,52)/b2*10-8-/t25-,26+,28+,30+,33-,34-,41+;25-,26-,28-,30-,33+,34+,41-/m01/s1/i2*4D3,5D3. The third-order valence-electron chi connectivity index (χ3n) is 23.3. The van der Waals surface area contributed by atoms with Crippen LogP contribution < -0.4 is 28.4 Å². The third kappa shape index (κ3) is 20.8. The number of ketones is 2. The summed E-state index contributed by atoms with van der Waals surface area (Å²) >= 11 is 0. The lowest BCUT2D eigenvalue weighted by Gasteiger charge is -2.33. The molecule has 32 heteroatoms. The van der Waals surface area contributed by atoms with Gasteiger partial charge in [-0.25, -0.2) is 26.8 Å². The number of nitrogens with zero attached hydrogens (tertiary/aromatic N) is 4. The van der Waals surface area contributed by atoms with Crippen LogP contribution in [0.15, 0.2) is 85.2 Å². The lowest BCUT2D eigenvalue weighted by molar-refractivity contribution is -0.257. The summed E-state index contributed by atoms with van der Waals surface area (Å²) in [6.45, 7) is -6.55. The van der Waals surface area contributed by atoms with Gasteiger partial charge in [0.05, 0.1) is 84.4 Å². The lowest BCUT2D eigenvalue weighted by atomic mass is 9.82. The number of esters is 2. The Hall–Kier alpha value is -8.42. The van der Waals surface area contributed by atoms with E-state index in [2.05, 4.69) is 28.9 Å². The predicted molar refractivity (Wildman–Crippen MR) is 416 cm³/mol. The fourth-order valence-corrected chi connectivity index (χ4v) is 19.0. The number of hydrogen-bond donors (Lipinski definition) is 2. The smallest absolute Gasteiger partial charge is 0.427 e. The Morgan fingerprint density at radius 3 is 1.28 bits per heavy atom. The van der Waals surface area contributed by atoms with Crippen LogP contribution in [-0.4, -0.2) is 168 Å². The number of carbonyl (C=O) groups is 8. The maximum absolute atomic E-state index is 15.0. The molecule has 0 spiro atoms. The number of aromatic nitrogens is 2. The molecule has 2 saturated heterocycles. The van der Waals surface area contributed by atoms with E-state index in [-0.39, 0.29) is 75.2 Å². The fraction of sp³-hybridized carbons (Fsp3) is 0.643. The van der Waals surface area contributed by atoms with Crippen molar-refractivity contribution in [2.75, 3.05) is 26.3 Å². The number of sulfonamides is 2. The molecule has 2 N–H and O–H groups in total. The number of carbonyl (C=O) groups excluding carboxylic acids is 8. The first-order valence-electron chi connectivity index (χ1n) is 45.5. The van der Waals surface area contributed by atoms with E-state index in [1.807, 2.05) is 39.8 Å². The number of alkyl halides is 6. The Morgan fingerprint density at radius 2 is 0.931 bits per heavy atom. The van der Waals surface area contributed by atoms with Gasteiger partial charge in [-0.05, 0) is 212 Å². The van der Waals surface area contributed by atoms with Crippen LogP contribution in [0.5, 0.6) is 23.3 Å². The number of rotatable bonds is 22. The Labute approximate surface area is 690 Å². The highest BCUT2D eigenvalue weighted by atomic mass is 32.2. The van der Waals surface area contributed by atoms with E-state index in [1.54, 1.807) is 74.5 Å². The summed E-state index contributed by atoms with van der Waals surface area (Å²) in [4.78, 5) is 126. The van der Waals surface area contributed by atoms with Crippen LogP contribution >= 0.6 is 0 Å². The van der Waals surface area contributed by atoms with Crippen molar-refractivity contribution in [3.63, 3.8) is 0 Å². The predicted octanol–water partition coefficient (Wildman–Crippen LogP) is 13.7. The van der Waals surface area contributed by atoms with Gasteiger partial charge in [-0.2, -0.15) is 26.3 Å². The zero-order valence-corrected chi connectivity index (χ0v) is 67.0. The van der Waals surface area contributed by atoms with Crippen LogP contribution in [0.25, 0.3) is 21.5 Å². The van der Waals surface area contributed by atoms with Crippen molar-refractivity contribution in [2.24, 2.45) is 58.2 Å². The number of halogens is 6. The number of nitrogens with one attached hydrogen (secondary N) is 2. The molecule has 12 rings (SSSR count). The zero-order valence-electron chi connectivity index (χ0n) is 77.4. The average molecular weight is 1680 g/mol. The van der Waals surface area contributed by atoms with E-state index >= 15 is 0 Å². The van der Waals surface area contributed by atoms with Gasteiger partial charge in [-0.3, -0.25) is 47.8 Å². The molecular formula is C84H108F6N6O18S2. The van der Waals surface area contributed by atoms with Crippen LogP contribution in [0.1, 0.15) is 214 Å². The van der Waals surface area contributed by atoms with Gasteiger partial charge in [0, 0.05) is 65.3 Å². The van der Waals surface area contributed by atoms with Gasteiger partial charge in [0.25, 0.3) is 0 Å². The van der Waals surface area contributed by atoms with Crippen LogP contribution in [0.3, 0.4) is 0 Å². The SMILES string of the molecule is [2H]C([2H])([2H])C(OC(=O)C[C@@H]1C(=O)N2C[C@H](Oc3nccc4cc(OCCC)ccc34)C[C@H]2C(=O)C[C@]2(C(=O)NS(=O)(=O)C3CC3)C[C@H]2/C=C\CC[C@@H](C)C[C@H]1C)(C([2H])([2H])[2H])C(F)(F)F.[2H]C([2H])([2H])C(OC(=O)C[C@@H]1C(=O)N2C[C@H](Oc3nccc4cc(OCCC)ccc34)C[C@H]2C(=O)C[C@]2(C(=O)NS(=O)(=O)C3CC3)C[C@H]2/C=C\CC[C@H](C)C[C@H]1C)(C([2H])([2H])[2H])C(F)(F)F. The Bertz CT molecular complexity index is 4750. The van der Waals surface area contributed by atoms with E-state index in [0.29, 0.717) is 97.6 Å². The number of hydrogen-bond acceptors (Lipinski definition) is 20. The van der Waals surface area contributed by atoms with Gasteiger partial charge in [-0.1, -0.05) is 65.8 Å². The second-order valence-electron chi connectivity index (χ2n) is 32.8. The van der Waals surface area contributed by atoms with Gasteiger partial charge in [0.15, 0.2) is 11.6 Å². The largest absolute Gasteiger partial charge is 0.494 e. The molecule has 8 aliphatic rings. The second kappa shape index (κ2) is 35.3. The normalized spacial score (nSPS) is 31.0. The van der Waals surface area contributed by atoms with Crippen LogP contribution in [-0.2, 0) is 67.9 Å². The first-order valence-corrected chi connectivity index (χ1v) is 42.6. The minimum atomic E-state index is -6.10. The van der Waals surface area contributed by atoms with E-state index in [0.717, 1.165) is 22.6 Å². The van der Waals surface area contributed by atoms with E-state index in [4.69, 9.17) is 35.4 Å². The first-order chi connectivity index (χ1) is 59.5. The minimum Gasteiger partial charge on any atom is -0.494 e. The first kappa shape index (κ1) is 72.8. The number of allylic oxidation sites excluding steroid dienone is 4. The molecule has 0 unspecified atom stereocenters. The summed E-state index contributed by atoms with van der Waals surface area (Å²) in [5.41, 5.74) is -12.8. The van der Waals surface area contributed by atoms with Gasteiger partial charge in [0.1, 0.15) is 23.7 Å². The molecule has 2 aromatic carbocycles. The molecule has 6 heterocycles. The fourth-order valence-electron chi connectivity index (χ4n) is 16.3. The van der Waals surface area contributed by atoms with Gasteiger partial charge in [0.2, 0.25) is 66.6 Å². The quantitative estimate of drug-likeness (QED) is 0.0419. The summed E-state index contributed by atoms with van der Waals surface area (Å²) in [7, 11) is -8.04. The molecule has 4 amide bonds. The number of pyridine rings is 2. The molecule has 636 valence electrons. The van der Waals surface area contributed by atoms with Crippen molar-refractivity contribution in [3.8, 4) is 23.3 Å². The van der Waals surface area contributed by atoms with Crippen molar-refractivity contribution >= 4 is 88.7 Å². The van der Waals surface area contributed by atoms with Gasteiger partial charge < -0.3 is 38.2 Å². The minimum absolute atomic E-state index is 0.140. The highest BCUT2D eigenvalue weighted by Gasteiger charge is 2.64. The monoisotopic (exact) mass is 1680 g/mol.